The first-order valence-electron chi connectivity index (χ1n) is 11.6. The maximum atomic E-state index is 5.75. The minimum atomic E-state index is -0.0548. The predicted molar refractivity (Wildman–Crippen MR) is 124 cm³/mol. The fourth-order valence-corrected chi connectivity index (χ4v) is 4.84. The Morgan fingerprint density at radius 2 is 2.07 bits per heavy atom. The maximum Gasteiger partial charge on any atom is 0.191 e. The summed E-state index contributed by atoms with van der Waals surface area (Å²) in [5, 5.41) is 7.06. The molecule has 2 N–H and O–H groups in total. The SMILES string of the molecule is CCNC(=NCC1(c2cc(C)ccc2OC)CCOCC1)NCC1CCCN1CC. The first kappa shape index (κ1) is 22.9. The molecule has 6 heteroatoms. The van der Waals surface area contributed by atoms with Gasteiger partial charge in [0.1, 0.15) is 5.75 Å². The van der Waals surface area contributed by atoms with Crippen molar-refractivity contribution < 1.29 is 9.47 Å². The number of rotatable bonds is 8. The first-order chi connectivity index (χ1) is 14.6. The monoisotopic (exact) mass is 416 g/mol. The number of aliphatic imine (C=N–C) groups is 1. The molecule has 168 valence electrons. The van der Waals surface area contributed by atoms with E-state index < -0.39 is 0 Å². The number of aryl methyl sites for hydroxylation is 1. The Labute approximate surface area is 182 Å². The zero-order chi connectivity index (χ0) is 21.4. The molecule has 0 radical (unpaired) electrons. The molecule has 1 aromatic carbocycles. The summed E-state index contributed by atoms with van der Waals surface area (Å²) in [6.07, 6.45) is 4.48. The molecule has 0 aromatic heterocycles. The summed E-state index contributed by atoms with van der Waals surface area (Å²) in [5.41, 5.74) is 2.47. The van der Waals surface area contributed by atoms with Gasteiger partial charge in [0.05, 0.1) is 13.7 Å². The number of likely N-dealkylation sites (tertiary alicyclic amines) is 1. The van der Waals surface area contributed by atoms with Crippen LogP contribution in [0.25, 0.3) is 0 Å². The molecule has 3 rings (SSSR count). The van der Waals surface area contributed by atoms with Crippen LogP contribution in [-0.4, -0.2) is 69.9 Å². The molecule has 0 spiro atoms. The van der Waals surface area contributed by atoms with Gasteiger partial charge in [-0.15, -0.1) is 0 Å². The lowest BCUT2D eigenvalue weighted by Gasteiger charge is -2.37. The molecule has 0 amide bonds. The quantitative estimate of drug-likeness (QED) is 0.504. The molecule has 0 bridgehead atoms. The highest BCUT2D eigenvalue weighted by Crippen LogP contribution is 2.40. The van der Waals surface area contributed by atoms with E-state index >= 15 is 0 Å². The van der Waals surface area contributed by atoms with Crippen LogP contribution in [0, 0.1) is 6.92 Å². The maximum absolute atomic E-state index is 5.75. The summed E-state index contributed by atoms with van der Waals surface area (Å²) in [5.74, 6) is 1.87. The van der Waals surface area contributed by atoms with Gasteiger partial charge in [0.25, 0.3) is 0 Å². The third-order valence-electron chi connectivity index (χ3n) is 6.67. The lowest BCUT2D eigenvalue weighted by molar-refractivity contribution is 0.0522. The van der Waals surface area contributed by atoms with Crippen LogP contribution in [0.1, 0.15) is 50.7 Å². The Bertz CT molecular complexity index is 700. The van der Waals surface area contributed by atoms with Gasteiger partial charge in [0, 0.05) is 43.3 Å². The van der Waals surface area contributed by atoms with Gasteiger partial charge >= 0.3 is 0 Å². The van der Waals surface area contributed by atoms with Gasteiger partial charge in [-0.3, -0.25) is 9.89 Å². The summed E-state index contributed by atoms with van der Waals surface area (Å²) in [4.78, 5) is 7.63. The number of nitrogens with one attached hydrogen (secondary N) is 2. The van der Waals surface area contributed by atoms with Gasteiger partial charge in [-0.2, -0.15) is 0 Å². The number of nitrogens with zero attached hydrogens (tertiary/aromatic N) is 2. The predicted octanol–water partition coefficient (Wildman–Crippen LogP) is 3.09. The molecule has 2 heterocycles. The van der Waals surface area contributed by atoms with E-state index in [1.54, 1.807) is 7.11 Å². The second-order valence-corrected chi connectivity index (χ2v) is 8.60. The highest BCUT2D eigenvalue weighted by atomic mass is 16.5. The minimum Gasteiger partial charge on any atom is -0.496 e. The van der Waals surface area contributed by atoms with Gasteiger partial charge in [-0.1, -0.05) is 24.6 Å². The zero-order valence-electron chi connectivity index (χ0n) is 19.3. The zero-order valence-corrected chi connectivity index (χ0v) is 19.3. The minimum absolute atomic E-state index is 0.0548. The average molecular weight is 417 g/mol. The second kappa shape index (κ2) is 11.0. The van der Waals surface area contributed by atoms with Crippen LogP contribution in [0.15, 0.2) is 23.2 Å². The van der Waals surface area contributed by atoms with Crippen molar-refractivity contribution in [1.29, 1.82) is 0 Å². The number of methoxy groups -OCH3 is 1. The van der Waals surface area contributed by atoms with Crippen LogP contribution in [-0.2, 0) is 10.2 Å². The van der Waals surface area contributed by atoms with Gasteiger partial charge in [0.2, 0.25) is 0 Å². The lowest BCUT2D eigenvalue weighted by atomic mass is 9.73. The van der Waals surface area contributed by atoms with E-state index in [0.717, 1.165) is 63.9 Å². The number of benzene rings is 1. The van der Waals surface area contributed by atoms with Crippen molar-refractivity contribution in [2.45, 2.75) is 57.9 Å². The standard InChI is InChI=1S/C24H40N4O2/c1-5-25-23(26-17-20-8-7-13-28(20)6-2)27-18-24(11-14-30-15-12-24)21-16-19(3)9-10-22(21)29-4/h9-10,16,20H,5-8,11-15,17-18H2,1-4H3,(H2,25,26,27). The molecule has 2 saturated heterocycles. The van der Waals surface area contributed by atoms with Crippen molar-refractivity contribution in [1.82, 2.24) is 15.5 Å². The topological polar surface area (TPSA) is 58.1 Å². The number of guanidine groups is 1. The molecule has 6 nitrogen and oxygen atoms in total. The van der Waals surface area contributed by atoms with E-state index in [-0.39, 0.29) is 5.41 Å². The number of hydrogen-bond acceptors (Lipinski definition) is 4. The second-order valence-electron chi connectivity index (χ2n) is 8.60. The van der Waals surface area contributed by atoms with E-state index in [2.05, 4.69) is 54.5 Å². The van der Waals surface area contributed by atoms with Gasteiger partial charge in [-0.05, 0) is 58.7 Å². The van der Waals surface area contributed by atoms with E-state index in [4.69, 9.17) is 14.5 Å². The number of hydrogen-bond donors (Lipinski definition) is 2. The molecule has 1 unspecified atom stereocenters. The van der Waals surface area contributed by atoms with E-state index in [1.807, 2.05) is 0 Å². The molecular formula is C24H40N4O2. The highest BCUT2D eigenvalue weighted by Gasteiger charge is 2.37. The lowest BCUT2D eigenvalue weighted by Crippen LogP contribution is -2.46. The van der Waals surface area contributed by atoms with Gasteiger partial charge in [-0.25, -0.2) is 0 Å². The molecule has 30 heavy (non-hydrogen) atoms. The summed E-state index contributed by atoms with van der Waals surface area (Å²) in [6, 6.07) is 7.09. The van der Waals surface area contributed by atoms with Crippen molar-refractivity contribution >= 4 is 5.96 Å². The summed E-state index contributed by atoms with van der Waals surface area (Å²) >= 11 is 0. The molecule has 2 aliphatic heterocycles. The van der Waals surface area contributed by atoms with Crippen molar-refractivity contribution in [3.05, 3.63) is 29.3 Å². The molecule has 0 saturated carbocycles. The van der Waals surface area contributed by atoms with Crippen LogP contribution in [0.2, 0.25) is 0 Å². The third-order valence-corrected chi connectivity index (χ3v) is 6.67. The Morgan fingerprint density at radius 1 is 1.27 bits per heavy atom. The van der Waals surface area contributed by atoms with Gasteiger partial charge in [0.15, 0.2) is 5.96 Å². The normalized spacial score (nSPS) is 22.1. The fourth-order valence-electron chi connectivity index (χ4n) is 4.84. The summed E-state index contributed by atoms with van der Waals surface area (Å²) in [6.45, 7) is 12.9. The number of ether oxygens (including phenoxy) is 2. The third kappa shape index (κ3) is 5.46. The Morgan fingerprint density at radius 3 is 2.77 bits per heavy atom. The molecule has 0 aliphatic carbocycles. The Kier molecular flexibility index (Phi) is 8.40. The van der Waals surface area contributed by atoms with Crippen molar-refractivity contribution in [2.24, 2.45) is 4.99 Å². The largest absolute Gasteiger partial charge is 0.496 e. The number of likely N-dealkylation sites (N-methyl/N-ethyl adjacent to an activating group) is 1. The average Bonchev–Trinajstić information content (AvgIpc) is 3.24. The molecule has 1 atom stereocenters. The van der Waals surface area contributed by atoms with Crippen LogP contribution >= 0.6 is 0 Å². The molecule has 2 fully saturated rings. The summed E-state index contributed by atoms with van der Waals surface area (Å²) in [7, 11) is 1.76. The van der Waals surface area contributed by atoms with E-state index in [1.165, 1.54) is 30.5 Å². The fraction of sp³-hybridized carbons (Fsp3) is 0.708. The Balaban J connectivity index is 1.78. The van der Waals surface area contributed by atoms with Crippen LogP contribution in [0.5, 0.6) is 5.75 Å². The molecular weight excluding hydrogens is 376 g/mol. The van der Waals surface area contributed by atoms with Crippen LogP contribution < -0.4 is 15.4 Å². The van der Waals surface area contributed by atoms with Crippen molar-refractivity contribution in [3.8, 4) is 5.75 Å². The first-order valence-corrected chi connectivity index (χ1v) is 11.6. The molecule has 2 aliphatic rings. The van der Waals surface area contributed by atoms with Gasteiger partial charge < -0.3 is 20.1 Å². The Hall–Kier alpha value is -1.79. The van der Waals surface area contributed by atoms with E-state index in [9.17, 15) is 0 Å². The van der Waals surface area contributed by atoms with Crippen molar-refractivity contribution in [3.63, 3.8) is 0 Å². The highest BCUT2D eigenvalue weighted by molar-refractivity contribution is 5.79. The van der Waals surface area contributed by atoms with Crippen LogP contribution in [0.3, 0.4) is 0 Å². The summed E-state index contributed by atoms with van der Waals surface area (Å²) < 4.78 is 11.5. The van der Waals surface area contributed by atoms with E-state index in [0.29, 0.717) is 6.04 Å². The smallest absolute Gasteiger partial charge is 0.191 e. The van der Waals surface area contributed by atoms with Crippen molar-refractivity contribution in [2.75, 3.05) is 53.0 Å². The van der Waals surface area contributed by atoms with Crippen LogP contribution in [0.4, 0.5) is 0 Å². The molecule has 1 aromatic rings.